The predicted octanol–water partition coefficient (Wildman–Crippen LogP) is 3.88. The van der Waals surface area contributed by atoms with Crippen molar-refractivity contribution in [3.8, 4) is 17.4 Å². The van der Waals surface area contributed by atoms with Crippen LogP contribution < -0.4 is 0 Å². The van der Waals surface area contributed by atoms with Gasteiger partial charge in [0.05, 0.1) is 16.8 Å². The number of hydrogen-bond acceptors (Lipinski definition) is 5. The molecule has 1 aromatic carbocycles. The predicted molar refractivity (Wildman–Crippen MR) is 83.9 cm³/mol. The highest BCUT2D eigenvalue weighted by molar-refractivity contribution is 6.33. The summed E-state index contributed by atoms with van der Waals surface area (Å²) in [6.45, 7) is 0. The van der Waals surface area contributed by atoms with Crippen LogP contribution >= 0.6 is 11.6 Å². The number of pyridine rings is 1. The summed E-state index contributed by atoms with van der Waals surface area (Å²) < 4.78 is 5.34. The zero-order chi connectivity index (χ0) is 16.2. The van der Waals surface area contributed by atoms with E-state index in [1.807, 2.05) is 6.07 Å². The highest BCUT2D eigenvalue weighted by Crippen LogP contribution is 2.32. The van der Waals surface area contributed by atoms with Crippen LogP contribution in [0, 0.1) is 11.3 Å². The van der Waals surface area contributed by atoms with E-state index in [1.54, 1.807) is 42.5 Å². The number of nitriles is 1. The van der Waals surface area contributed by atoms with Crippen molar-refractivity contribution in [1.82, 2.24) is 9.97 Å². The molecule has 0 radical (unpaired) electrons. The van der Waals surface area contributed by atoms with Gasteiger partial charge in [0.25, 0.3) is 0 Å². The summed E-state index contributed by atoms with van der Waals surface area (Å²) in [5.74, 6) is -1.28. The van der Waals surface area contributed by atoms with Crippen molar-refractivity contribution in [2.45, 2.75) is 5.92 Å². The van der Waals surface area contributed by atoms with Crippen LogP contribution in [-0.4, -0.2) is 15.8 Å². The van der Waals surface area contributed by atoms with Crippen molar-refractivity contribution >= 4 is 17.4 Å². The number of halogens is 1. The molecule has 0 amide bonds. The second-order valence-corrected chi connectivity index (χ2v) is 5.10. The summed E-state index contributed by atoms with van der Waals surface area (Å²) in [5.41, 5.74) is 0.983. The van der Waals surface area contributed by atoms with E-state index < -0.39 is 11.7 Å². The monoisotopic (exact) mass is 323 g/mol. The first-order chi connectivity index (χ1) is 11.2. The zero-order valence-corrected chi connectivity index (χ0v) is 12.6. The maximum atomic E-state index is 12.7. The molecule has 23 heavy (non-hydrogen) atoms. The first-order valence-electron chi connectivity index (χ1n) is 6.75. The lowest BCUT2D eigenvalue weighted by atomic mass is 9.96. The topological polar surface area (TPSA) is 79.8 Å². The molecule has 0 aliphatic heterocycles. The van der Waals surface area contributed by atoms with E-state index in [-0.39, 0.29) is 11.5 Å². The molecule has 0 fully saturated rings. The third-order valence-electron chi connectivity index (χ3n) is 3.29. The van der Waals surface area contributed by atoms with Gasteiger partial charge in [0.1, 0.15) is 0 Å². The molecule has 3 aromatic rings. The van der Waals surface area contributed by atoms with E-state index in [4.69, 9.17) is 16.0 Å². The molecular formula is C17H10ClN3O2. The van der Waals surface area contributed by atoms with Crippen LogP contribution in [0.3, 0.4) is 0 Å². The van der Waals surface area contributed by atoms with Gasteiger partial charge in [-0.2, -0.15) is 5.26 Å². The van der Waals surface area contributed by atoms with E-state index in [1.165, 1.54) is 12.6 Å². The van der Waals surface area contributed by atoms with Gasteiger partial charge in [-0.05, 0) is 24.3 Å². The molecule has 0 saturated heterocycles. The molecule has 2 heterocycles. The number of benzene rings is 1. The van der Waals surface area contributed by atoms with E-state index in [2.05, 4.69) is 9.97 Å². The molecule has 112 valence electrons. The quantitative estimate of drug-likeness (QED) is 0.681. The highest BCUT2D eigenvalue weighted by atomic mass is 35.5. The Kier molecular flexibility index (Phi) is 4.18. The summed E-state index contributed by atoms with van der Waals surface area (Å²) in [6.07, 6.45) is 2.70. The number of nitrogens with zero attached hydrogens (tertiary/aromatic N) is 3. The Balaban J connectivity index is 2.04. The Morgan fingerprint density at radius 3 is 2.65 bits per heavy atom. The minimum absolute atomic E-state index is 0.0651. The van der Waals surface area contributed by atoms with Crippen molar-refractivity contribution in [1.29, 1.82) is 5.26 Å². The van der Waals surface area contributed by atoms with Crippen LogP contribution in [0.5, 0.6) is 0 Å². The van der Waals surface area contributed by atoms with Crippen molar-refractivity contribution in [3.05, 3.63) is 71.5 Å². The lowest BCUT2D eigenvalue weighted by molar-refractivity contribution is 0.0973. The minimum Gasteiger partial charge on any atom is -0.443 e. The summed E-state index contributed by atoms with van der Waals surface area (Å²) in [4.78, 5) is 20.8. The fourth-order valence-electron chi connectivity index (χ4n) is 2.20. The van der Waals surface area contributed by atoms with Gasteiger partial charge >= 0.3 is 0 Å². The Morgan fingerprint density at radius 1 is 1.17 bits per heavy atom. The van der Waals surface area contributed by atoms with Crippen LogP contribution in [0.4, 0.5) is 0 Å². The maximum absolute atomic E-state index is 12.7. The lowest BCUT2D eigenvalue weighted by Gasteiger charge is -2.07. The van der Waals surface area contributed by atoms with Gasteiger partial charge in [0.2, 0.25) is 5.78 Å². The Bertz CT molecular complexity index is 884. The third-order valence-corrected chi connectivity index (χ3v) is 3.62. The number of oxazole rings is 1. The van der Waals surface area contributed by atoms with Crippen LogP contribution in [0.25, 0.3) is 11.3 Å². The highest BCUT2D eigenvalue weighted by Gasteiger charge is 2.29. The largest absolute Gasteiger partial charge is 0.443 e. The maximum Gasteiger partial charge on any atom is 0.208 e. The molecule has 3 rings (SSSR count). The van der Waals surface area contributed by atoms with Gasteiger partial charge in [0.15, 0.2) is 23.8 Å². The lowest BCUT2D eigenvalue weighted by Crippen LogP contribution is -2.14. The molecule has 0 aliphatic rings. The number of hydrogen-bond donors (Lipinski definition) is 0. The third kappa shape index (κ3) is 2.85. The molecular weight excluding hydrogens is 314 g/mol. The van der Waals surface area contributed by atoms with E-state index in [9.17, 15) is 10.1 Å². The number of rotatable bonds is 4. The molecule has 0 bridgehead atoms. The van der Waals surface area contributed by atoms with Crippen LogP contribution in [0.2, 0.25) is 5.02 Å². The summed E-state index contributed by atoms with van der Waals surface area (Å²) in [5, 5.41) is 9.80. The van der Waals surface area contributed by atoms with Crippen molar-refractivity contribution in [3.63, 3.8) is 0 Å². The Labute approximate surface area is 137 Å². The minimum atomic E-state index is -1.05. The molecule has 6 heteroatoms. The van der Waals surface area contributed by atoms with Crippen LogP contribution in [0.15, 0.2) is 59.5 Å². The summed E-state index contributed by atoms with van der Waals surface area (Å²) >= 11 is 6.15. The summed E-state index contributed by atoms with van der Waals surface area (Å²) in [6, 6.07) is 14.0. The number of aromatic nitrogens is 2. The van der Waals surface area contributed by atoms with Gasteiger partial charge in [-0.1, -0.05) is 29.8 Å². The van der Waals surface area contributed by atoms with Gasteiger partial charge in [-0.3, -0.25) is 9.78 Å². The van der Waals surface area contributed by atoms with Gasteiger partial charge in [0, 0.05) is 11.8 Å². The van der Waals surface area contributed by atoms with Gasteiger partial charge < -0.3 is 4.42 Å². The molecule has 0 aliphatic carbocycles. The molecule has 2 aromatic heterocycles. The van der Waals surface area contributed by atoms with Crippen molar-refractivity contribution in [2.24, 2.45) is 0 Å². The SMILES string of the molecule is N#C[C@@H](C(=O)c1ncoc1-c1ccccc1Cl)c1ccccn1. The average molecular weight is 324 g/mol. The van der Waals surface area contributed by atoms with E-state index in [0.29, 0.717) is 16.3 Å². The Morgan fingerprint density at radius 2 is 1.96 bits per heavy atom. The van der Waals surface area contributed by atoms with Crippen LogP contribution in [0.1, 0.15) is 22.1 Å². The molecule has 1 atom stereocenters. The average Bonchev–Trinajstić information content (AvgIpc) is 3.06. The van der Waals surface area contributed by atoms with Crippen LogP contribution in [-0.2, 0) is 0 Å². The molecule has 0 spiro atoms. The molecule has 0 unspecified atom stereocenters. The summed E-state index contributed by atoms with van der Waals surface area (Å²) in [7, 11) is 0. The fraction of sp³-hybridized carbons (Fsp3) is 0.0588. The number of Topliss-reactive ketones (excluding diaryl/α,β-unsaturated/α-hetero) is 1. The van der Waals surface area contributed by atoms with Gasteiger partial charge in [-0.25, -0.2) is 4.98 Å². The second-order valence-electron chi connectivity index (χ2n) is 4.69. The zero-order valence-electron chi connectivity index (χ0n) is 11.8. The normalized spacial score (nSPS) is 11.7. The number of carbonyl (C=O) groups is 1. The Hall–Kier alpha value is -2.97. The van der Waals surface area contributed by atoms with Crippen molar-refractivity contribution < 1.29 is 9.21 Å². The first kappa shape index (κ1) is 14.9. The molecule has 0 N–H and O–H groups in total. The fourth-order valence-corrected chi connectivity index (χ4v) is 2.42. The number of carbonyl (C=O) groups excluding carboxylic acids is 1. The van der Waals surface area contributed by atoms with E-state index >= 15 is 0 Å². The van der Waals surface area contributed by atoms with E-state index in [0.717, 1.165) is 0 Å². The van der Waals surface area contributed by atoms with Crippen molar-refractivity contribution in [2.75, 3.05) is 0 Å². The molecule has 0 saturated carbocycles. The number of ketones is 1. The first-order valence-corrected chi connectivity index (χ1v) is 7.13. The standard InChI is InChI=1S/C17H10ClN3O2/c18-13-6-2-1-5-11(13)17-15(21-10-23-17)16(22)12(9-19)14-7-3-4-8-20-14/h1-8,10,12H/t12-/m1/s1. The smallest absolute Gasteiger partial charge is 0.208 e. The molecule has 5 nitrogen and oxygen atoms in total. The second kappa shape index (κ2) is 6.42. The van der Waals surface area contributed by atoms with Gasteiger partial charge in [-0.15, -0.1) is 0 Å².